The maximum atomic E-state index is 12.8. The molecule has 0 spiro atoms. The third kappa shape index (κ3) is 4.52. The fraction of sp³-hybridized carbons (Fsp3) is 0.621. The van der Waals surface area contributed by atoms with Crippen molar-refractivity contribution in [2.24, 2.45) is 22.9 Å². The number of aromatic hydroxyl groups is 1. The van der Waals surface area contributed by atoms with Crippen LogP contribution in [0.15, 0.2) is 23.3 Å². The Kier molecular flexibility index (Phi) is 5.65. The molecule has 0 radical (unpaired) electrons. The molecule has 6 heteroatoms. The van der Waals surface area contributed by atoms with E-state index in [9.17, 15) is 9.90 Å². The van der Waals surface area contributed by atoms with Crippen LogP contribution in [0.1, 0.15) is 113 Å². The van der Waals surface area contributed by atoms with Crippen molar-refractivity contribution in [1.29, 1.82) is 0 Å². The van der Waals surface area contributed by atoms with Gasteiger partial charge in [0.25, 0.3) is 5.91 Å². The highest BCUT2D eigenvalue weighted by Crippen LogP contribution is 2.60. The van der Waals surface area contributed by atoms with E-state index in [1.54, 1.807) is 6.21 Å². The normalized spacial score (nSPS) is 28.1. The summed E-state index contributed by atoms with van der Waals surface area (Å²) in [5.74, 6) is 2.55. The lowest BCUT2D eigenvalue weighted by molar-refractivity contribution is -0.00721. The molecule has 2 aromatic rings. The highest BCUT2D eigenvalue weighted by Gasteiger charge is 2.52. The predicted molar refractivity (Wildman–Crippen MR) is 139 cm³/mol. The van der Waals surface area contributed by atoms with Gasteiger partial charge in [-0.2, -0.15) is 10.2 Å². The monoisotopic (exact) mass is 476 g/mol. The molecule has 1 heterocycles. The lowest BCUT2D eigenvalue weighted by Crippen LogP contribution is -2.48. The Morgan fingerprint density at radius 3 is 2.00 bits per heavy atom. The number of hydrogen-bond acceptors (Lipinski definition) is 4. The van der Waals surface area contributed by atoms with Crippen LogP contribution in [-0.4, -0.2) is 27.4 Å². The second-order valence-corrected chi connectivity index (χ2v) is 13.5. The number of nitrogens with one attached hydrogen (secondary N) is 2. The average molecular weight is 477 g/mol. The minimum absolute atomic E-state index is 0.183. The summed E-state index contributed by atoms with van der Waals surface area (Å²) >= 11 is 0. The van der Waals surface area contributed by atoms with Crippen LogP contribution in [0.5, 0.6) is 5.75 Å². The fourth-order valence-electron chi connectivity index (χ4n) is 7.25. The van der Waals surface area contributed by atoms with Gasteiger partial charge in [-0.1, -0.05) is 41.5 Å². The Morgan fingerprint density at radius 1 is 1.00 bits per heavy atom. The van der Waals surface area contributed by atoms with E-state index in [1.807, 2.05) is 18.2 Å². The molecule has 0 unspecified atom stereocenters. The summed E-state index contributed by atoms with van der Waals surface area (Å²) in [5.41, 5.74) is 6.49. The minimum atomic E-state index is -0.306. The molecular formula is C29H40N4O2. The van der Waals surface area contributed by atoms with Gasteiger partial charge < -0.3 is 5.11 Å². The van der Waals surface area contributed by atoms with E-state index in [0.717, 1.165) is 40.1 Å². The number of rotatable bonds is 4. The van der Waals surface area contributed by atoms with Gasteiger partial charge in [0.1, 0.15) is 5.75 Å². The minimum Gasteiger partial charge on any atom is -0.507 e. The van der Waals surface area contributed by atoms with Gasteiger partial charge in [-0.15, -0.1) is 0 Å². The van der Waals surface area contributed by atoms with Crippen molar-refractivity contribution in [2.45, 2.75) is 96.3 Å². The molecular weight excluding hydrogens is 436 g/mol. The number of amides is 1. The summed E-state index contributed by atoms with van der Waals surface area (Å²) in [7, 11) is 0. The van der Waals surface area contributed by atoms with Crippen LogP contribution in [0.25, 0.3) is 0 Å². The molecule has 0 saturated heterocycles. The lowest BCUT2D eigenvalue weighted by atomic mass is 9.49. The highest BCUT2D eigenvalue weighted by molar-refractivity contribution is 5.93. The third-order valence-electron chi connectivity index (χ3n) is 8.55. The quantitative estimate of drug-likeness (QED) is 0.377. The predicted octanol–water partition coefficient (Wildman–Crippen LogP) is 5.94. The molecule has 1 aromatic carbocycles. The summed E-state index contributed by atoms with van der Waals surface area (Å²) in [6.45, 7) is 12.5. The van der Waals surface area contributed by atoms with Crippen molar-refractivity contribution in [3.8, 4) is 5.75 Å². The molecule has 3 N–H and O–H groups in total. The van der Waals surface area contributed by atoms with E-state index >= 15 is 0 Å². The van der Waals surface area contributed by atoms with Gasteiger partial charge in [-0.05, 0) is 90.9 Å². The zero-order valence-corrected chi connectivity index (χ0v) is 22.0. The van der Waals surface area contributed by atoms with Gasteiger partial charge in [-0.3, -0.25) is 9.89 Å². The SMILES string of the molecule is CC(C)(C)c1cc(/C=N\NC(=O)c2cc(C34CC5CC(CC(C5)C3)C4)[nH]n2)cc(C(C)(C)C)c1O. The molecule has 4 fully saturated rings. The van der Waals surface area contributed by atoms with E-state index in [1.165, 1.54) is 38.5 Å². The van der Waals surface area contributed by atoms with Crippen molar-refractivity contribution in [2.75, 3.05) is 0 Å². The first kappa shape index (κ1) is 24.1. The number of H-pyrrole nitrogens is 1. The van der Waals surface area contributed by atoms with Crippen LogP contribution >= 0.6 is 0 Å². The van der Waals surface area contributed by atoms with Crippen LogP contribution in [0, 0.1) is 17.8 Å². The summed E-state index contributed by atoms with van der Waals surface area (Å²) in [6.07, 6.45) is 9.50. The lowest BCUT2D eigenvalue weighted by Gasteiger charge is -2.56. The zero-order valence-electron chi connectivity index (χ0n) is 22.0. The van der Waals surface area contributed by atoms with Crippen LogP contribution in [0.4, 0.5) is 0 Å². The van der Waals surface area contributed by atoms with Crippen LogP contribution < -0.4 is 5.43 Å². The van der Waals surface area contributed by atoms with E-state index in [-0.39, 0.29) is 22.2 Å². The second kappa shape index (κ2) is 8.21. The maximum absolute atomic E-state index is 12.8. The Morgan fingerprint density at radius 2 is 1.51 bits per heavy atom. The largest absolute Gasteiger partial charge is 0.507 e. The molecule has 6 rings (SSSR count). The van der Waals surface area contributed by atoms with Crippen molar-refractivity contribution in [1.82, 2.24) is 15.6 Å². The first-order chi connectivity index (χ1) is 16.3. The van der Waals surface area contributed by atoms with Gasteiger partial charge >= 0.3 is 0 Å². The number of hydrazone groups is 1. The molecule has 0 atom stereocenters. The van der Waals surface area contributed by atoms with E-state index in [4.69, 9.17) is 0 Å². The molecule has 1 aromatic heterocycles. The number of carbonyl (C=O) groups excluding carboxylic acids is 1. The van der Waals surface area contributed by atoms with Gasteiger partial charge in [0.15, 0.2) is 5.69 Å². The smallest absolute Gasteiger partial charge is 0.291 e. The maximum Gasteiger partial charge on any atom is 0.291 e. The van der Waals surface area contributed by atoms with Crippen LogP contribution in [0.2, 0.25) is 0 Å². The molecule has 35 heavy (non-hydrogen) atoms. The van der Waals surface area contributed by atoms with Crippen molar-refractivity contribution >= 4 is 12.1 Å². The first-order valence-corrected chi connectivity index (χ1v) is 13.1. The van der Waals surface area contributed by atoms with Gasteiger partial charge in [0, 0.05) is 22.2 Å². The molecule has 4 aliphatic rings. The standard InChI is InChI=1S/C29H40N4O2/c1-27(2,3)21-10-20(11-22(25(21)34)28(4,5)6)16-30-33-26(35)23-12-24(32-31-23)29-13-17-7-18(14-29)9-19(8-17)15-29/h10-12,16-19,34H,7-9,13-15H2,1-6H3,(H,31,32)(H,33,35)/b30-16-. The van der Waals surface area contributed by atoms with E-state index in [2.05, 4.69) is 62.3 Å². The number of aromatic nitrogens is 2. The molecule has 1 amide bonds. The van der Waals surface area contributed by atoms with Crippen molar-refractivity contribution in [3.05, 3.63) is 46.3 Å². The Labute approximate surface area is 209 Å². The number of nitrogens with zero attached hydrogens (tertiary/aromatic N) is 2. The molecule has 6 nitrogen and oxygen atoms in total. The molecule has 4 saturated carbocycles. The summed E-state index contributed by atoms with van der Waals surface area (Å²) in [4.78, 5) is 12.8. The Balaban J connectivity index is 1.32. The van der Waals surface area contributed by atoms with Gasteiger partial charge in [0.05, 0.1) is 6.21 Å². The molecule has 4 aliphatic carbocycles. The second-order valence-electron chi connectivity index (χ2n) is 13.5. The van der Waals surface area contributed by atoms with Gasteiger partial charge in [0.2, 0.25) is 0 Å². The van der Waals surface area contributed by atoms with E-state index < -0.39 is 0 Å². The van der Waals surface area contributed by atoms with Crippen molar-refractivity contribution in [3.63, 3.8) is 0 Å². The summed E-state index contributed by atoms with van der Waals surface area (Å²) in [5, 5.41) is 22.7. The molecule has 4 bridgehead atoms. The highest BCUT2D eigenvalue weighted by atomic mass is 16.3. The number of benzene rings is 1. The average Bonchev–Trinajstić information content (AvgIpc) is 3.23. The van der Waals surface area contributed by atoms with E-state index in [0.29, 0.717) is 11.4 Å². The number of aromatic amines is 1. The topological polar surface area (TPSA) is 90.4 Å². The van der Waals surface area contributed by atoms with Crippen LogP contribution in [-0.2, 0) is 16.2 Å². The number of phenolic OH excluding ortho intramolecular Hbond substituents is 1. The third-order valence-corrected chi connectivity index (χ3v) is 8.55. The molecule has 188 valence electrons. The van der Waals surface area contributed by atoms with Crippen LogP contribution in [0.3, 0.4) is 0 Å². The Hall–Kier alpha value is -2.63. The summed E-state index contributed by atoms with van der Waals surface area (Å²) < 4.78 is 0. The number of hydrogen-bond donors (Lipinski definition) is 3. The fourth-order valence-corrected chi connectivity index (χ4v) is 7.25. The molecule has 0 aliphatic heterocycles. The Bertz CT molecular complexity index is 1090. The summed E-state index contributed by atoms with van der Waals surface area (Å²) in [6, 6.07) is 5.84. The van der Waals surface area contributed by atoms with Crippen molar-refractivity contribution < 1.29 is 9.90 Å². The number of phenols is 1. The first-order valence-electron chi connectivity index (χ1n) is 13.1. The number of carbonyl (C=O) groups is 1. The van der Waals surface area contributed by atoms with Gasteiger partial charge in [-0.25, -0.2) is 5.43 Å². The zero-order chi connectivity index (χ0) is 25.2.